The van der Waals surface area contributed by atoms with Crippen molar-refractivity contribution in [3.63, 3.8) is 0 Å². The zero-order valence-electron chi connectivity index (χ0n) is 13.1. The molecule has 1 aliphatic carbocycles. The number of nitrogens with zero attached hydrogens (tertiary/aromatic N) is 2. The first-order chi connectivity index (χ1) is 10.0. The van der Waals surface area contributed by atoms with Crippen molar-refractivity contribution >= 4 is 10.2 Å². The number of rotatable bonds is 4. The number of piperidine rings is 1. The van der Waals surface area contributed by atoms with Crippen molar-refractivity contribution in [1.82, 2.24) is 13.9 Å². The Morgan fingerprint density at radius 1 is 0.952 bits per heavy atom. The first-order valence-corrected chi connectivity index (χ1v) is 10.00. The Labute approximate surface area is 129 Å². The van der Waals surface area contributed by atoms with Gasteiger partial charge >= 0.3 is 0 Å². The molecule has 0 spiro atoms. The SMILES string of the molecule is CC1CCN(S(=O)(=O)N[C@@H]2CCN(C3CCCC3)C2)CC1. The Hall–Kier alpha value is -0.170. The summed E-state index contributed by atoms with van der Waals surface area (Å²) in [6.07, 6.45) is 8.19. The summed E-state index contributed by atoms with van der Waals surface area (Å²) >= 11 is 0. The molecule has 0 aromatic heterocycles. The first kappa shape index (κ1) is 15.7. The second-order valence-corrected chi connectivity index (χ2v) is 8.83. The van der Waals surface area contributed by atoms with Gasteiger partial charge in [0, 0.05) is 38.3 Å². The number of hydrogen-bond acceptors (Lipinski definition) is 3. The topological polar surface area (TPSA) is 52.7 Å². The normalized spacial score (nSPS) is 31.2. The first-order valence-electron chi connectivity index (χ1n) is 8.56. The van der Waals surface area contributed by atoms with Crippen molar-refractivity contribution in [2.75, 3.05) is 26.2 Å². The van der Waals surface area contributed by atoms with E-state index in [-0.39, 0.29) is 6.04 Å². The van der Waals surface area contributed by atoms with Crippen LogP contribution in [0.4, 0.5) is 0 Å². The third-order valence-electron chi connectivity index (χ3n) is 5.46. The monoisotopic (exact) mass is 315 g/mol. The molecular formula is C15H29N3O2S. The Morgan fingerprint density at radius 3 is 2.29 bits per heavy atom. The van der Waals surface area contributed by atoms with Crippen LogP contribution < -0.4 is 4.72 Å². The van der Waals surface area contributed by atoms with Crippen molar-refractivity contribution in [2.24, 2.45) is 5.92 Å². The second kappa shape index (κ2) is 6.52. The minimum Gasteiger partial charge on any atom is -0.299 e. The molecule has 0 unspecified atom stereocenters. The Bertz CT molecular complexity index is 440. The van der Waals surface area contributed by atoms with E-state index < -0.39 is 10.2 Å². The molecule has 1 atom stereocenters. The highest BCUT2D eigenvalue weighted by Crippen LogP contribution is 2.27. The summed E-state index contributed by atoms with van der Waals surface area (Å²) in [7, 11) is -3.28. The molecule has 0 aromatic rings. The van der Waals surface area contributed by atoms with Crippen LogP contribution in [0.25, 0.3) is 0 Å². The van der Waals surface area contributed by atoms with Crippen LogP contribution in [0.15, 0.2) is 0 Å². The molecule has 2 aliphatic heterocycles. The maximum atomic E-state index is 12.5. The van der Waals surface area contributed by atoms with E-state index in [9.17, 15) is 8.42 Å². The molecular weight excluding hydrogens is 286 g/mol. The van der Waals surface area contributed by atoms with Gasteiger partial charge in [-0.1, -0.05) is 19.8 Å². The lowest BCUT2D eigenvalue weighted by Crippen LogP contribution is -2.49. The van der Waals surface area contributed by atoms with E-state index in [4.69, 9.17) is 0 Å². The molecule has 0 aromatic carbocycles. The fourth-order valence-corrected chi connectivity index (χ4v) is 5.45. The molecule has 1 N–H and O–H groups in total. The third-order valence-corrected chi connectivity index (χ3v) is 7.14. The Morgan fingerprint density at radius 2 is 1.62 bits per heavy atom. The summed E-state index contributed by atoms with van der Waals surface area (Å²) in [6, 6.07) is 0.810. The number of hydrogen-bond donors (Lipinski definition) is 1. The van der Waals surface area contributed by atoms with Gasteiger partial charge in [0.15, 0.2) is 0 Å². The minimum atomic E-state index is -3.28. The van der Waals surface area contributed by atoms with E-state index in [1.165, 1.54) is 25.7 Å². The summed E-state index contributed by atoms with van der Waals surface area (Å²) in [5.41, 5.74) is 0. The van der Waals surface area contributed by atoms with E-state index >= 15 is 0 Å². The van der Waals surface area contributed by atoms with Crippen LogP contribution in [0.5, 0.6) is 0 Å². The van der Waals surface area contributed by atoms with Crippen LogP contribution in [-0.2, 0) is 10.2 Å². The molecule has 5 nitrogen and oxygen atoms in total. The van der Waals surface area contributed by atoms with Gasteiger partial charge < -0.3 is 0 Å². The maximum absolute atomic E-state index is 12.5. The van der Waals surface area contributed by atoms with Crippen molar-refractivity contribution in [1.29, 1.82) is 0 Å². The van der Waals surface area contributed by atoms with Crippen molar-refractivity contribution < 1.29 is 8.42 Å². The zero-order chi connectivity index (χ0) is 14.9. The van der Waals surface area contributed by atoms with Gasteiger partial charge in [0.2, 0.25) is 0 Å². The molecule has 0 radical (unpaired) electrons. The zero-order valence-corrected chi connectivity index (χ0v) is 13.9. The highest BCUT2D eigenvalue weighted by Gasteiger charge is 2.34. The lowest BCUT2D eigenvalue weighted by Gasteiger charge is -2.30. The smallest absolute Gasteiger partial charge is 0.279 e. The molecule has 3 rings (SSSR count). The molecule has 0 amide bonds. The maximum Gasteiger partial charge on any atom is 0.279 e. The summed E-state index contributed by atoms with van der Waals surface area (Å²) in [6.45, 7) is 5.50. The van der Waals surface area contributed by atoms with Gasteiger partial charge in [-0.2, -0.15) is 17.4 Å². The lowest BCUT2D eigenvalue weighted by atomic mass is 10.0. The van der Waals surface area contributed by atoms with Crippen molar-refractivity contribution in [3.05, 3.63) is 0 Å². The predicted octanol–water partition coefficient (Wildman–Crippen LogP) is 1.57. The van der Waals surface area contributed by atoms with Crippen LogP contribution in [-0.4, -0.2) is 55.9 Å². The van der Waals surface area contributed by atoms with Crippen molar-refractivity contribution in [3.8, 4) is 0 Å². The summed E-state index contributed by atoms with van der Waals surface area (Å²) in [5, 5.41) is 0. The van der Waals surface area contributed by atoms with Gasteiger partial charge in [-0.15, -0.1) is 0 Å². The fourth-order valence-electron chi connectivity index (χ4n) is 3.99. The summed E-state index contributed by atoms with van der Waals surface area (Å²) in [5.74, 6) is 0.654. The Balaban J connectivity index is 1.51. The molecule has 2 saturated heterocycles. The molecule has 3 aliphatic rings. The average Bonchev–Trinajstić information content (AvgIpc) is 3.09. The van der Waals surface area contributed by atoms with Crippen LogP contribution in [0, 0.1) is 5.92 Å². The van der Waals surface area contributed by atoms with Gasteiger partial charge in [-0.25, -0.2) is 0 Å². The molecule has 2 heterocycles. The van der Waals surface area contributed by atoms with E-state index in [1.54, 1.807) is 4.31 Å². The standard InChI is InChI=1S/C15H29N3O2S/c1-13-6-10-18(11-7-13)21(19,20)16-14-8-9-17(12-14)15-4-2-3-5-15/h13-16H,2-12H2,1H3/t14-/m1/s1. The predicted molar refractivity (Wildman–Crippen MR) is 84.3 cm³/mol. The van der Waals surface area contributed by atoms with Gasteiger partial charge in [0.05, 0.1) is 0 Å². The highest BCUT2D eigenvalue weighted by molar-refractivity contribution is 7.87. The van der Waals surface area contributed by atoms with Crippen LogP contribution in [0.1, 0.15) is 51.9 Å². The van der Waals surface area contributed by atoms with E-state index in [1.807, 2.05) is 0 Å². The van der Waals surface area contributed by atoms with Crippen LogP contribution >= 0.6 is 0 Å². The molecule has 122 valence electrons. The fraction of sp³-hybridized carbons (Fsp3) is 1.00. The average molecular weight is 315 g/mol. The molecule has 3 fully saturated rings. The quantitative estimate of drug-likeness (QED) is 0.857. The van der Waals surface area contributed by atoms with Crippen molar-refractivity contribution in [2.45, 2.75) is 64.0 Å². The molecule has 1 saturated carbocycles. The summed E-state index contributed by atoms with van der Waals surface area (Å²) < 4.78 is 29.5. The van der Waals surface area contributed by atoms with E-state index in [0.29, 0.717) is 25.0 Å². The van der Waals surface area contributed by atoms with E-state index in [0.717, 1.165) is 32.4 Å². The lowest BCUT2D eigenvalue weighted by molar-refractivity contribution is 0.241. The largest absolute Gasteiger partial charge is 0.299 e. The summed E-state index contributed by atoms with van der Waals surface area (Å²) in [4.78, 5) is 2.50. The highest BCUT2D eigenvalue weighted by atomic mass is 32.2. The third kappa shape index (κ3) is 3.78. The van der Waals surface area contributed by atoms with Gasteiger partial charge in [-0.05, 0) is 38.0 Å². The Kier molecular flexibility index (Phi) is 4.88. The van der Waals surface area contributed by atoms with Gasteiger partial charge in [0.25, 0.3) is 10.2 Å². The molecule has 6 heteroatoms. The van der Waals surface area contributed by atoms with Crippen LogP contribution in [0.2, 0.25) is 0 Å². The van der Waals surface area contributed by atoms with Gasteiger partial charge in [0.1, 0.15) is 0 Å². The van der Waals surface area contributed by atoms with Gasteiger partial charge in [-0.3, -0.25) is 4.90 Å². The number of nitrogens with one attached hydrogen (secondary N) is 1. The van der Waals surface area contributed by atoms with E-state index in [2.05, 4.69) is 16.5 Å². The second-order valence-electron chi connectivity index (χ2n) is 7.12. The number of likely N-dealkylation sites (tertiary alicyclic amines) is 1. The van der Waals surface area contributed by atoms with Crippen LogP contribution in [0.3, 0.4) is 0 Å². The molecule has 21 heavy (non-hydrogen) atoms. The molecule has 0 bridgehead atoms. The minimum absolute atomic E-state index is 0.106.